The van der Waals surface area contributed by atoms with Crippen LogP contribution in [0.3, 0.4) is 0 Å². The third-order valence-electron chi connectivity index (χ3n) is 8.29. The second-order valence-corrected chi connectivity index (χ2v) is 11.8. The number of amides is 2. The molecular formula is C33H40N4O2. The molecule has 3 N–H and O–H groups in total. The summed E-state index contributed by atoms with van der Waals surface area (Å²) in [6.07, 6.45) is 9.12. The van der Waals surface area contributed by atoms with Gasteiger partial charge in [0.05, 0.1) is 0 Å². The summed E-state index contributed by atoms with van der Waals surface area (Å²) in [6.45, 7) is 4.89. The van der Waals surface area contributed by atoms with Crippen LogP contribution in [-0.2, 0) is 15.1 Å². The Balaban J connectivity index is 1.27. The number of pyridine rings is 1. The molecule has 1 saturated heterocycles. The standard InChI is InChI=1S/C33H40N4O2/c1-33(2,34)26-15-13-25(14-16-26)29-22-35-30(21-28(29)24-8-4-3-5-9-24)36-31(38)20-23-11-17-27(18-12-23)37-19-7-6-10-32(37)39/h3-5,8-9,13-16,21-23,27H,6-7,10-12,17-20,34H2,1-2H3,(H,35,36,38)/t23-,27-. The van der Waals surface area contributed by atoms with Crippen molar-refractivity contribution in [3.63, 3.8) is 0 Å². The molecule has 204 valence electrons. The number of likely N-dealkylation sites (tertiary alicyclic amines) is 1. The Morgan fingerprint density at radius 2 is 1.67 bits per heavy atom. The molecule has 0 unspecified atom stereocenters. The largest absolute Gasteiger partial charge is 0.340 e. The van der Waals surface area contributed by atoms with Crippen LogP contribution in [0, 0.1) is 5.92 Å². The van der Waals surface area contributed by atoms with Gasteiger partial charge in [0.1, 0.15) is 5.82 Å². The zero-order chi connectivity index (χ0) is 27.4. The molecule has 1 aromatic heterocycles. The van der Waals surface area contributed by atoms with Crippen molar-refractivity contribution < 1.29 is 9.59 Å². The maximum Gasteiger partial charge on any atom is 0.225 e. The third-order valence-corrected chi connectivity index (χ3v) is 8.29. The van der Waals surface area contributed by atoms with Gasteiger partial charge in [0.2, 0.25) is 11.8 Å². The molecule has 5 rings (SSSR count). The highest BCUT2D eigenvalue weighted by Gasteiger charge is 2.30. The number of hydrogen-bond acceptors (Lipinski definition) is 4. The summed E-state index contributed by atoms with van der Waals surface area (Å²) in [6, 6.07) is 20.8. The molecule has 3 aromatic rings. The van der Waals surface area contributed by atoms with E-state index in [0.29, 0.717) is 36.5 Å². The van der Waals surface area contributed by atoms with E-state index >= 15 is 0 Å². The number of carbonyl (C=O) groups is 2. The van der Waals surface area contributed by atoms with Gasteiger partial charge in [-0.3, -0.25) is 9.59 Å². The van der Waals surface area contributed by atoms with Gasteiger partial charge in [-0.15, -0.1) is 0 Å². The predicted octanol–water partition coefficient (Wildman–Crippen LogP) is 6.51. The van der Waals surface area contributed by atoms with Crippen LogP contribution in [0.1, 0.15) is 70.8 Å². The fourth-order valence-corrected chi connectivity index (χ4v) is 6.02. The number of carbonyl (C=O) groups excluding carboxylic acids is 2. The van der Waals surface area contributed by atoms with Gasteiger partial charge in [0.15, 0.2) is 0 Å². The lowest BCUT2D eigenvalue weighted by molar-refractivity contribution is -0.136. The highest BCUT2D eigenvalue weighted by Crippen LogP contribution is 2.35. The number of anilines is 1. The summed E-state index contributed by atoms with van der Waals surface area (Å²) in [5, 5.41) is 3.06. The van der Waals surface area contributed by atoms with Crippen LogP contribution in [0.15, 0.2) is 66.9 Å². The van der Waals surface area contributed by atoms with Crippen LogP contribution in [0.2, 0.25) is 0 Å². The van der Waals surface area contributed by atoms with Gasteiger partial charge >= 0.3 is 0 Å². The molecule has 2 aliphatic rings. The first-order valence-corrected chi connectivity index (χ1v) is 14.3. The predicted molar refractivity (Wildman–Crippen MR) is 157 cm³/mol. The summed E-state index contributed by atoms with van der Waals surface area (Å²) >= 11 is 0. The second kappa shape index (κ2) is 11.7. The summed E-state index contributed by atoms with van der Waals surface area (Å²) < 4.78 is 0. The normalized spacial score (nSPS) is 20.1. The Hall–Kier alpha value is -3.51. The van der Waals surface area contributed by atoms with Crippen molar-refractivity contribution in [3.8, 4) is 22.3 Å². The average Bonchev–Trinajstić information content (AvgIpc) is 2.94. The first-order chi connectivity index (χ1) is 18.8. The zero-order valence-corrected chi connectivity index (χ0v) is 23.2. The van der Waals surface area contributed by atoms with Crippen LogP contribution in [-0.4, -0.2) is 34.3 Å². The highest BCUT2D eigenvalue weighted by molar-refractivity contribution is 5.92. The number of piperidine rings is 1. The van der Waals surface area contributed by atoms with E-state index < -0.39 is 5.54 Å². The number of aromatic nitrogens is 1. The van der Waals surface area contributed by atoms with Crippen LogP contribution in [0.5, 0.6) is 0 Å². The molecule has 0 atom stereocenters. The van der Waals surface area contributed by atoms with Crippen molar-refractivity contribution in [1.29, 1.82) is 0 Å². The van der Waals surface area contributed by atoms with Crippen LogP contribution in [0.4, 0.5) is 5.82 Å². The lowest BCUT2D eigenvalue weighted by Gasteiger charge is -2.38. The Morgan fingerprint density at radius 3 is 2.33 bits per heavy atom. The summed E-state index contributed by atoms with van der Waals surface area (Å²) in [7, 11) is 0. The van der Waals surface area contributed by atoms with Gasteiger partial charge < -0.3 is 16.0 Å². The van der Waals surface area contributed by atoms with E-state index in [9.17, 15) is 9.59 Å². The van der Waals surface area contributed by atoms with Crippen LogP contribution >= 0.6 is 0 Å². The van der Waals surface area contributed by atoms with Crippen molar-refractivity contribution in [2.24, 2.45) is 11.7 Å². The summed E-state index contributed by atoms with van der Waals surface area (Å²) in [5.74, 6) is 1.22. The van der Waals surface area contributed by atoms with Crippen LogP contribution < -0.4 is 11.1 Å². The molecule has 6 heteroatoms. The van der Waals surface area contributed by atoms with E-state index in [1.807, 2.05) is 44.3 Å². The molecule has 1 aliphatic heterocycles. The maximum absolute atomic E-state index is 13.0. The molecule has 0 bridgehead atoms. The summed E-state index contributed by atoms with van der Waals surface area (Å²) in [5.41, 5.74) is 11.1. The van der Waals surface area contributed by atoms with Gasteiger partial charge in [-0.05, 0) is 86.6 Å². The van der Waals surface area contributed by atoms with E-state index in [1.54, 1.807) is 0 Å². The Bertz CT molecular complexity index is 1290. The minimum Gasteiger partial charge on any atom is -0.340 e. The fourth-order valence-electron chi connectivity index (χ4n) is 6.02. The fraction of sp³-hybridized carbons (Fsp3) is 0.424. The molecule has 2 fully saturated rings. The molecule has 1 saturated carbocycles. The van der Waals surface area contributed by atoms with Gasteiger partial charge in [0.25, 0.3) is 0 Å². The average molecular weight is 525 g/mol. The van der Waals surface area contributed by atoms with Gasteiger partial charge in [-0.2, -0.15) is 0 Å². The zero-order valence-electron chi connectivity index (χ0n) is 23.2. The highest BCUT2D eigenvalue weighted by atomic mass is 16.2. The number of nitrogens with two attached hydrogens (primary N) is 1. The minimum absolute atomic E-state index is 0.00120. The van der Waals surface area contributed by atoms with Crippen molar-refractivity contribution in [2.75, 3.05) is 11.9 Å². The minimum atomic E-state index is -0.405. The number of benzene rings is 2. The molecule has 2 aromatic carbocycles. The topological polar surface area (TPSA) is 88.3 Å². The van der Waals surface area contributed by atoms with E-state index in [2.05, 4.69) is 51.6 Å². The lowest BCUT2D eigenvalue weighted by atomic mass is 9.82. The van der Waals surface area contributed by atoms with Gasteiger partial charge in [0, 0.05) is 42.7 Å². The lowest BCUT2D eigenvalue weighted by Crippen LogP contribution is -2.45. The van der Waals surface area contributed by atoms with Gasteiger partial charge in [-0.25, -0.2) is 4.98 Å². The number of nitrogens with one attached hydrogen (secondary N) is 1. The Morgan fingerprint density at radius 1 is 0.974 bits per heavy atom. The quantitative estimate of drug-likeness (QED) is 0.369. The molecule has 6 nitrogen and oxygen atoms in total. The van der Waals surface area contributed by atoms with E-state index in [0.717, 1.165) is 72.9 Å². The first-order valence-electron chi connectivity index (χ1n) is 14.3. The first kappa shape index (κ1) is 27.1. The van der Waals surface area contributed by atoms with Gasteiger partial charge in [-0.1, -0.05) is 54.6 Å². The Labute approximate surface area is 232 Å². The summed E-state index contributed by atoms with van der Waals surface area (Å²) in [4.78, 5) is 32.1. The van der Waals surface area contributed by atoms with Crippen LogP contribution in [0.25, 0.3) is 22.3 Å². The molecule has 1 aliphatic carbocycles. The van der Waals surface area contributed by atoms with Crippen molar-refractivity contribution in [3.05, 3.63) is 72.4 Å². The maximum atomic E-state index is 13.0. The molecular weight excluding hydrogens is 484 g/mol. The SMILES string of the molecule is CC(C)(N)c1ccc(-c2cnc(NC(=O)C[C@H]3CC[C@H](N4CCCCC4=O)CC3)cc2-c2ccccc2)cc1. The van der Waals surface area contributed by atoms with E-state index in [1.165, 1.54) is 0 Å². The number of hydrogen-bond donors (Lipinski definition) is 2. The van der Waals surface area contributed by atoms with E-state index in [-0.39, 0.29) is 5.91 Å². The molecule has 0 spiro atoms. The van der Waals surface area contributed by atoms with Crippen molar-refractivity contribution >= 4 is 17.6 Å². The number of rotatable bonds is 7. The Kier molecular flexibility index (Phi) is 8.12. The van der Waals surface area contributed by atoms with Crippen molar-refractivity contribution in [1.82, 2.24) is 9.88 Å². The molecule has 39 heavy (non-hydrogen) atoms. The van der Waals surface area contributed by atoms with E-state index in [4.69, 9.17) is 5.73 Å². The molecule has 0 radical (unpaired) electrons. The smallest absolute Gasteiger partial charge is 0.225 e. The van der Waals surface area contributed by atoms with Crippen molar-refractivity contribution in [2.45, 2.75) is 76.8 Å². The monoisotopic (exact) mass is 524 g/mol. The second-order valence-electron chi connectivity index (χ2n) is 11.8. The number of nitrogens with zero attached hydrogens (tertiary/aromatic N) is 2. The molecule has 2 amide bonds. The third kappa shape index (κ3) is 6.56. The molecule has 2 heterocycles.